The molecule has 0 fully saturated rings. The summed E-state index contributed by atoms with van der Waals surface area (Å²) in [6.07, 6.45) is 0. The number of carboxylic acid groups (broad SMARTS) is 1. The fourth-order valence-electron chi connectivity index (χ4n) is 1.89. The van der Waals surface area contributed by atoms with Crippen LogP contribution in [0.4, 0.5) is 0 Å². The Hall–Kier alpha value is -2.10. The molecule has 2 rings (SSSR count). The Morgan fingerprint density at radius 3 is 2.59 bits per heavy atom. The lowest BCUT2D eigenvalue weighted by Crippen LogP contribution is -2.08. The van der Waals surface area contributed by atoms with Crippen LogP contribution < -0.4 is 5.56 Å². The Kier molecular flexibility index (Phi) is 2.71. The predicted molar refractivity (Wildman–Crippen MR) is 65.6 cm³/mol. The van der Waals surface area contributed by atoms with Crippen molar-refractivity contribution in [1.29, 1.82) is 0 Å². The van der Waals surface area contributed by atoms with Crippen LogP contribution in [0.2, 0.25) is 0 Å². The molecule has 0 aliphatic rings. The maximum Gasteiger partial charge on any atom is 0.335 e. The van der Waals surface area contributed by atoms with Gasteiger partial charge in [0.1, 0.15) is 0 Å². The highest BCUT2D eigenvalue weighted by Crippen LogP contribution is 2.23. The van der Waals surface area contributed by atoms with E-state index in [9.17, 15) is 9.59 Å². The van der Waals surface area contributed by atoms with Gasteiger partial charge in [0.25, 0.3) is 0 Å². The van der Waals surface area contributed by atoms with Gasteiger partial charge in [-0.2, -0.15) is 0 Å². The molecule has 0 saturated heterocycles. The van der Waals surface area contributed by atoms with Crippen LogP contribution in [-0.2, 0) is 0 Å². The van der Waals surface area contributed by atoms with Crippen molar-refractivity contribution in [2.75, 3.05) is 0 Å². The van der Waals surface area contributed by atoms with Crippen LogP contribution in [0.25, 0.3) is 10.9 Å². The third-order valence-electron chi connectivity index (χ3n) is 2.74. The fourth-order valence-corrected chi connectivity index (χ4v) is 1.89. The molecule has 4 heteroatoms. The average Bonchev–Trinajstić information content (AvgIpc) is 2.26. The Morgan fingerprint density at radius 2 is 2.00 bits per heavy atom. The lowest BCUT2D eigenvalue weighted by atomic mass is 9.98. The summed E-state index contributed by atoms with van der Waals surface area (Å²) in [7, 11) is 0. The van der Waals surface area contributed by atoms with Crippen molar-refractivity contribution in [3.05, 3.63) is 45.7 Å². The van der Waals surface area contributed by atoms with Gasteiger partial charge in [-0.3, -0.25) is 4.79 Å². The molecule has 0 aliphatic carbocycles. The van der Waals surface area contributed by atoms with Crippen LogP contribution in [-0.4, -0.2) is 16.1 Å². The number of hydrogen-bond donors (Lipinski definition) is 2. The minimum Gasteiger partial charge on any atom is -0.478 e. The van der Waals surface area contributed by atoms with Gasteiger partial charge in [-0.25, -0.2) is 4.79 Å². The summed E-state index contributed by atoms with van der Waals surface area (Å²) in [4.78, 5) is 25.1. The van der Waals surface area contributed by atoms with Crippen molar-refractivity contribution in [1.82, 2.24) is 4.98 Å². The van der Waals surface area contributed by atoms with Gasteiger partial charge in [0, 0.05) is 17.0 Å². The van der Waals surface area contributed by atoms with Gasteiger partial charge in [-0.15, -0.1) is 0 Å². The molecule has 88 valence electrons. The van der Waals surface area contributed by atoms with E-state index in [0.29, 0.717) is 5.52 Å². The molecule has 0 atom stereocenters. The summed E-state index contributed by atoms with van der Waals surface area (Å²) in [6, 6.07) is 6.25. The summed E-state index contributed by atoms with van der Waals surface area (Å²) in [6.45, 7) is 3.95. The minimum absolute atomic E-state index is 0.163. The molecule has 1 heterocycles. The third-order valence-corrected chi connectivity index (χ3v) is 2.74. The van der Waals surface area contributed by atoms with Gasteiger partial charge in [-0.05, 0) is 29.7 Å². The number of hydrogen-bond acceptors (Lipinski definition) is 2. The molecule has 0 aliphatic heterocycles. The first-order valence-corrected chi connectivity index (χ1v) is 5.39. The molecule has 2 aromatic rings. The normalized spacial score (nSPS) is 11.0. The SMILES string of the molecule is CC(C)c1cc(=O)[nH]c2ccc(C(=O)O)cc12. The van der Waals surface area contributed by atoms with Crippen LogP contribution in [0.3, 0.4) is 0 Å². The van der Waals surface area contributed by atoms with Crippen molar-refractivity contribution in [2.45, 2.75) is 19.8 Å². The number of rotatable bonds is 2. The molecular weight excluding hydrogens is 218 g/mol. The van der Waals surface area contributed by atoms with E-state index < -0.39 is 5.97 Å². The second-order valence-electron chi connectivity index (χ2n) is 4.31. The van der Waals surface area contributed by atoms with E-state index >= 15 is 0 Å². The maximum atomic E-state index is 11.5. The number of pyridine rings is 1. The zero-order chi connectivity index (χ0) is 12.6. The van der Waals surface area contributed by atoms with Crippen molar-refractivity contribution < 1.29 is 9.90 Å². The third kappa shape index (κ3) is 2.06. The van der Waals surface area contributed by atoms with Gasteiger partial charge in [0.15, 0.2) is 0 Å². The molecule has 1 aromatic heterocycles. The Balaban J connectivity index is 2.82. The Bertz CT molecular complexity index is 641. The molecule has 17 heavy (non-hydrogen) atoms. The summed E-state index contributed by atoms with van der Waals surface area (Å²) in [5.41, 5.74) is 1.61. The molecule has 0 bridgehead atoms. The largest absolute Gasteiger partial charge is 0.478 e. The molecule has 0 saturated carbocycles. The van der Waals surface area contributed by atoms with E-state index in [-0.39, 0.29) is 17.0 Å². The van der Waals surface area contributed by atoms with Crippen LogP contribution in [0, 0.1) is 0 Å². The van der Waals surface area contributed by atoms with Gasteiger partial charge < -0.3 is 10.1 Å². The quantitative estimate of drug-likeness (QED) is 0.833. The number of aromatic amines is 1. The highest BCUT2D eigenvalue weighted by atomic mass is 16.4. The highest BCUT2D eigenvalue weighted by Gasteiger charge is 2.10. The molecule has 2 N–H and O–H groups in total. The lowest BCUT2D eigenvalue weighted by molar-refractivity contribution is 0.0697. The van der Waals surface area contributed by atoms with E-state index in [0.717, 1.165) is 10.9 Å². The monoisotopic (exact) mass is 231 g/mol. The van der Waals surface area contributed by atoms with Crippen LogP contribution >= 0.6 is 0 Å². The van der Waals surface area contributed by atoms with E-state index in [4.69, 9.17) is 5.11 Å². The van der Waals surface area contributed by atoms with Crippen LogP contribution in [0.5, 0.6) is 0 Å². The zero-order valence-corrected chi connectivity index (χ0v) is 9.65. The molecule has 4 nitrogen and oxygen atoms in total. The molecule has 0 amide bonds. The van der Waals surface area contributed by atoms with Crippen LogP contribution in [0.15, 0.2) is 29.1 Å². The first kappa shape index (κ1) is 11.4. The molecule has 0 radical (unpaired) electrons. The summed E-state index contributed by atoms with van der Waals surface area (Å²) in [5, 5.41) is 9.75. The first-order chi connectivity index (χ1) is 7.99. The minimum atomic E-state index is -0.965. The summed E-state index contributed by atoms with van der Waals surface area (Å²) < 4.78 is 0. The number of aromatic nitrogens is 1. The number of nitrogens with one attached hydrogen (secondary N) is 1. The first-order valence-electron chi connectivity index (χ1n) is 5.39. The van der Waals surface area contributed by atoms with E-state index in [1.807, 2.05) is 13.8 Å². The van der Waals surface area contributed by atoms with Crippen molar-refractivity contribution in [3.63, 3.8) is 0 Å². The molecule has 0 unspecified atom stereocenters. The van der Waals surface area contributed by atoms with Crippen LogP contribution in [0.1, 0.15) is 35.7 Å². The van der Waals surface area contributed by atoms with E-state index in [1.165, 1.54) is 12.1 Å². The number of aromatic carboxylic acids is 1. The lowest BCUT2D eigenvalue weighted by Gasteiger charge is -2.09. The van der Waals surface area contributed by atoms with Gasteiger partial charge in [0.2, 0.25) is 5.56 Å². The number of carboxylic acids is 1. The second kappa shape index (κ2) is 4.05. The topological polar surface area (TPSA) is 70.2 Å². The smallest absolute Gasteiger partial charge is 0.335 e. The molecule has 1 aromatic carbocycles. The van der Waals surface area contributed by atoms with Crippen molar-refractivity contribution in [2.24, 2.45) is 0 Å². The number of benzene rings is 1. The fraction of sp³-hybridized carbons (Fsp3) is 0.231. The highest BCUT2D eigenvalue weighted by molar-refractivity contribution is 5.94. The Morgan fingerprint density at radius 1 is 1.29 bits per heavy atom. The Labute approximate surface area is 97.9 Å². The van der Waals surface area contributed by atoms with Gasteiger partial charge >= 0.3 is 5.97 Å². The number of fused-ring (bicyclic) bond motifs is 1. The average molecular weight is 231 g/mol. The molecule has 0 spiro atoms. The summed E-state index contributed by atoms with van der Waals surface area (Å²) in [5.74, 6) is -0.795. The zero-order valence-electron chi connectivity index (χ0n) is 9.65. The van der Waals surface area contributed by atoms with Crippen molar-refractivity contribution in [3.8, 4) is 0 Å². The van der Waals surface area contributed by atoms with Crippen molar-refractivity contribution >= 4 is 16.9 Å². The summed E-state index contributed by atoms with van der Waals surface area (Å²) >= 11 is 0. The molecular formula is C13H13NO3. The number of carbonyl (C=O) groups is 1. The van der Waals surface area contributed by atoms with Gasteiger partial charge in [-0.1, -0.05) is 13.8 Å². The van der Waals surface area contributed by atoms with E-state index in [1.54, 1.807) is 12.1 Å². The van der Waals surface area contributed by atoms with Gasteiger partial charge in [0.05, 0.1) is 5.56 Å². The maximum absolute atomic E-state index is 11.5. The predicted octanol–water partition coefficient (Wildman–Crippen LogP) is 2.35. The number of H-pyrrole nitrogens is 1. The standard InChI is InChI=1S/C13H13NO3/c1-7(2)9-6-12(15)14-11-4-3-8(13(16)17)5-10(9)11/h3-7H,1-2H3,(H,14,15)(H,16,17). The second-order valence-corrected chi connectivity index (χ2v) is 4.31. The van der Waals surface area contributed by atoms with E-state index in [2.05, 4.69) is 4.98 Å².